The van der Waals surface area contributed by atoms with Crippen molar-refractivity contribution in [1.82, 2.24) is 10.2 Å². The molecule has 0 atom stereocenters. The molecular weight excluding hydrogens is 288 g/mol. The highest BCUT2D eigenvalue weighted by Crippen LogP contribution is 2.28. The second-order valence-corrected chi connectivity index (χ2v) is 7.11. The van der Waals surface area contributed by atoms with Gasteiger partial charge in [-0.25, -0.2) is 0 Å². The van der Waals surface area contributed by atoms with E-state index in [1.807, 2.05) is 35.2 Å². The molecule has 2 aliphatic rings. The molecule has 4 nitrogen and oxygen atoms in total. The SMILES string of the molecule is CC1(C)CCCN1C(=O)/C=C/c1ccc(C(=O)NC2CC2)cc1. The fourth-order valence-electron chi connectivity index (χ4n) is 3.02. The normalized spacial score (nSPS) is 20.0. The topological polar surface area (TPSA) is 49.4 Å². The van der Waals surface area contributed by atoms with E-state index in [0.29, 0.717) is 11.6 Å². The molecule has 1 saturated heterocycles. The van der Waals surface area contributed by atoms with Crippen molar-refractivity contribution in [3.63, 3.8) is 0 Å². The molecule has 0 aromatic heterocycles. The highest BCUT2D eigenvalue weighted by Gasteiger charge is 2.34. The van der Waals surface area contributed by atoms with Gasteiger partial charge in [-0.3, -0.25) is 9.59 Å². The molecule has 1 saturated carbocycles. The lowest BCUT2D eigenvalue weighted by atomic mass is 10.0. The quantitative estimate of drug-likeness (QED) is 0.869. The van der Waals surface area contributed by atoms with E-state index in [2.05, 4.69) is 19.2 Å². The summed E-state index contributed by atoms with van der Waals surface area (Å²) in [6.07, 6.45) is 7.74. The van der Waals surface area contributed by atoms with Crippen LogP contribution >= 0.6 is 0 Å². The molecule has 1 aliphatic carbocycles. The Morgan fingerprint density at radius 2 is 1.91 bits per heavy atom. The van der Waals surface area contributed by atoms with Gasteiger partial charge in [-0.2, -0.15) is 0 Å². The summed E-state index contributed by atoms with van der Waals surface area (Å²) in [7, 11) is 0. The molecule has 1 N–H and O–H groups in total. The molecule has 1 aromatic carbocycles. The average molecular weight is 312 g/mol. The van der Waals surface area contributed by atoms with Gasteiger partial charge in [0.05, 0.1) is 0 Å². The molecular formula is C19H24N2O2. The van der Waals surface area contributed by atoms with Crippen LogP contribution in [0.5, 0.6) is 0 Å². The fraction of sp³-hybridized carbons (Fsp3) is 0.474. The van der Waals surface area contributed by atoms with Crippen LogP contribution in [-0.2, 0) is 4.79 Å². The third kappa shape index (κ3) is 3.81. The molecule has 1 aliphatic heterocycles. The van der Waals surface area contributed by atoms with Crippen LogP contribution < -0.4 is 5.32 Å². The minimum Gasteiger partial charge on any atom is -0.349 e. The first kappa shape index (κ1) is 15.8. The van der Waals surface area contributed by atoms with E-state index in [1.54, 1.807) is 6.08 Å². The number of benzene rings is 1. The number of nitrogens with zero attached hydrogens (tertiary/aromatic N) is 1. The highest BCUT2D eigenvalue weighted by atomic mass is 16.2. The molecule has 4 heteroatoms. The van der Waals surface area contributed by atoms with Crippen LogP contribution in [0.3, 0.4) is 0 Å². The van der Waals surface area contributed by atoms with Crippen LogP contribution in [0.1, 0.15) is 55.5 Å². The van der Waals surface area contributed by atoms with Crippen molar-refractivity contribution >= 4 is 17.9 Å². The number of carbonyl (C=O) groups is 2. The lowest BCUT2D eigenvalue weighted by Gasteiger charge is -2.30. The molecule has 0 radical (unpaired) electrons. The number of amides is 2. The highest BCUT2D eigenvalue weighted by molar-refractivity contribution is 5.95. The third-order valence-electron chi connectivity index (χ3n) is 4.67. The Kier molecular flexibility index (Phi) is 4.24. The molecule has 3 rings (SSSR count). The van der Waals surface area contributed by atoms with E-state index >= 15 is 0 Å². The Hall–Kier alpha value is -2.10. The lowest BCUT2D eigenvalue weighted by molar-refractivity contribution is -0.128. The molecule has 2 amide bonds. The van der Waals surface area contributed by atoms with E-state index in [-0.39, 0.29) is 17.4 Å². The zero-order valence-electron chi connectivity index (χ0n) is 13.8. The van der Waals surface area contributed by atoms with Crippen molar-refractivity contribution in [2.45, 2.75) is 51.1 Å². The Balaban J connectivity index is 1.61. The molecule has 0 unspecified atom stereocenters. The minimum absolute atomic E-state index is 0.0158. The van der Waals surface area contributed by atoms with Gasteiger partial charge in [-0.1, -0.05) is 12.1 Å². The summed E-state index contributed by atoms with van der Waals surface area (Å²) in [6, 6.07) is 7.73. The van der Waals surface area contributed by atoms with Crippen molar-refractivity contribution in [2.24, 2.45) is 0 Å². The Morgan fingerprint density at radius 1 is 1.22 bits per heavy atom. The number of hydrogen-bond acceptors (Lipinski definition) is 2. The zero-order chi connectivity index (χ0) is 16.4. The van der Waals surface area contributed by atoms with E-state index < -0.39 is 0 Å². The summed E-state index contributed by atoms with van der Waals surface area (Å²) in [5.41, 5.74) is 1.55. The Morgan fingerprint density at radius 3 is 2.48 bits per heavy atom. The second-order valence-electron chi connectivity index (χ2n) is 7.11. The maximum absolute atomic E-state index is 12.3. The van der Waals surface area contributed by atoms with Crippen molar-refractivity contribution in [3.05, 3.63) is 41.5 Å². The van der Waals surface area contributed by atoms with Gasteiger partial charge in [0.25, 0.3) is 5.91 Å². The van der Waals surface area contributed by atoms with Crippen molar-refractivity contribution in [2.75, 3.05) is 6.54 Å². The summed E-state index contributed by atoms with van der Waals surface area (Å²) in [6.45, 7) is 5.05. The van der Waals surface area contributed by atoms with Crippen LogP contribution in [0.15, 0.2) is 30.3 Å². The lowest BCUT2D eigenvalue weighted by Crippen LogP contribution is -2.41. The Labute approximate surface area is 137 Å². The second kappa shape index (κ2) is 6.19. The van der Waals surface area contributed by atoms with Crippen LogP contribution in [-0.4, -0.2) is 34.8 Å². The maximum atomic E-state index is 12.3. The van der Waals surface area contributed by atoms with Crippen LogP contribution in [0, 0.1) is 0 Å². The molecule has 122 valence electrons. The standard InChI is InChI=1S/C19H24N2O2/c1-19(2)12-3-13-21(19)17(22)11-6-14-4-7-15(8-5-14)18(23)20-16-9-10-16/h4-8,11,16H,3,9-10,12-13H2,1-2H3,(H,20,23)/b11-6+. The largest absolute Gasteiger partial charge is 0.349 e. The summed E-state index contributed by atoms with van der Waals surface area (Å²) < 4.78 is 0. The third-order valence-corrected chi connectivity index (χ3v) is 4.67. The predicted octanol–water partition coefficient (Wildman–Crippen LogP) is 2.99. The smallest absolute Gasteiger partial charge is 0.251 e. The van der Waals surface area contributed by atoms with E-state index in [0.717, 1.165) is 37.8 Å². The average Bonchev–Trinajstić information content (AvgIpc) is 3.26. The van der Waals surface area contributed by atoms with Gasteiger partial charge >= 0.3 is 0 Å². The molecule has 1 heterocycles. The molecule has 0 spiro atoms. The van der Waals surface area contributed by atoms with Gasteiger partial charge in [-0.05, 0) is 63.3 Å². The first-order valence-corrected chi connectivity index (χ1v) is 8.36. The van der Waals surface area contributed by atoms with Crippen LogP contribution in [0.2, 0.25) is 0 Å². The maximum Gasteiger partial charge on any atom is 0.251 e. The van der Waals surface area contributed by atoms with Gasteiger partial charge in [0.15, 0.2) is 0 Å². The van der Waals surface area contributed by atoms with E-state index in [4.69, 9.17) is 0 Å². The van der Waals surface area contributed by atoms with Crippen molar-refractivity contribution in [1.29, 1.82) is 0 Å². The summed E-state index contributed by atoms with van der Waals surface area (Å²) in [4.78, 5) is 26.2. The molecule has 2 fully saturated rings. The zero-order valence-corrected chi connectivity index (χ0v) is 13.8. The summed E-state index contributed by atoms with van der Waals surface area (Å²) in [5, 5.41) is 2.97. The van der Waals surface area contributed by atoms with Crippen molar-refractivity contribution in [3.8, 4) is 0 Å². The first-order valence-electron chi connectivity index (χ1n) is 8.36. The number of nitrogens with one attached hydrogen (secondary N) is 1. The van der Waals surface area contributed by atoms with Gasteiger partial charge < -0.3 is 10.2 Å². The summed E-state index contributed by atoms with van der Waals surface area (Å²) >= 11 is 0. The van der Waals surface area contributed by atoms with Gasteiger partial charge in [0, 0.05) is 29.8 Å². The molecule has 1 aromatic rings. The fourth-order valence-corrected chi connectivity index (χ4v) is 3.02. The van der Waals surface area contributed by atoms with E-state index in [9.17, 15) is 9.59 Å². The number of carbonyl (C=O) groups excluding carboxylic acids is 2. The van der Waals surface area contributed by atoms with Crippen molar-refractivity contribution < 1.29 is 9.59 Å². The van der Waals surface area contributed by atoms with E-state index in [1.165, 1.54) is 0 Å². The number of likely N-dealkylation sites (tertiary alicyclic amines) is 1. The molecule has 0 bridgehead atoms. The van der Waals surface area contributed by atoms with Gasteiger partial charge in [0.1, 0.15) is 0 Å². The van der Waals surface area contributed by atoms with Crippen LogP contribution in [0.4, 0.5) is 0 Å². The van der Waals surface area contributed by atoms with Crippen LogP contribution in [0.25, 0.3) is 6.08 Å². The first-order chi connectivity index (χ1) is 11.0. The monoisotopic (exact) mass is 312 g/mol. The summed E-state index contributed by atoms with van der Waals surface area (Å²) in [5.74, 6) is 0.0426. The predicted molar refractivity (Wildman–Crippen MR) is 91.0 cm³/mol. The van der Waals surface area contributed by atoms with Gasteiger partial charge in [-0.15, -0.1) is 0 Å². The minimum atomic E-state index is -0.0494. The van der Waals surface area contributed by atoms with Gasteiger partial charge in [0.2, 0.25) is 5.91 Å². The number of hydrogen-bond donors (Lipinski definition) is 1. The Bertz CT molecular complexity index is 627. The number of rotatable bonds is 4. The molecule has 23 heavy (non-hydrogen) atoms.